The van der Waals surface area contributed by atoms with Crippen LogP contribution in [0.4, 0.5) is 4.79 Å². The number of amides is 1. The van der Waals surface area contributed by atoms with Crippen molar-refractivity contribution in [1.82, 2.24) is 35.1 Å². The maximum atomic E-state index is 12.4. The van der Waals surface area contributed by atoms with Crippen LogP contribution in [-0.2, 0) is 26.1 Å². The van der Waals surface area contributed by atoms with Gasteiger partial charge >= 0.3 is 6.09 Å². The van der Waals surface area contributed by atoms with Crippen molar-refractivity contribution < 1.29 is 9.53 Å². The van der Waals surface area contributed by atoms with Crippen LogP contribution >= 0.6 is 0 Å². The number of hydrogen-bond acceptors (Lipinski definition) is 7. The first-order valence-corrected chi connectivity index (χ1v) is 12.5. The van der Waals surface area contributed by atoms with Gasteiger partial charge in [-0.05, 0) is 55.9 Å². The van der Waals surface area contributed by atoms with Crippen molar-refractivity contribution in [3.8, 4) is 5.75 Å². The van der Waals surface area contributed by atoms with Gasteiger partial charge in [-0.25, -0.2) is 19.7 Å². The molecule has 0 saturated carbocycles. The fraction of sp³-hybridized carbons (Fsp3) is 0.321. The Morgan fingerprint density at radius 1 is 1.11 bits per heavy atom. The van der Waals surface area contributed by atoms with Gasteiger partial charge in [0.1, 0.15) is 6.33 Å². The zero-order chi connectivity index (χ0) is 25.6. The Bertz CT molecular complexity index is 1340. The monoisotopic (exact) mass is 497 g/mol. The van der Waals surface area contributed by atoms with Crippen LogP contribution in [0, 0.1) is 13.8 Å². The summed E-state index contributed by atoms with van der Waals surface area (Å²) in [6.07, 6.45) is 9.69. The number of H-pyrrole nitrogens is 1. The summed E-state index contributed by atoms with van der Waals surface area (Å²) in [5.74, 6) is 0.393. The van der Waals surface area contributed by atoms with E-state index in [0.29, 0.717) is 23.7 Å². The highest BCUT2D eigenvalue weighted by atomic mass is 16.6. The maximum absolute atomic E-state index is 12.4. The molecule has 0 spiro atoms. The Hall–Kier alpha value is -4.11. The van der Waals surface area contributed by atoms with Gasteiger partial charge in [0.25, 0.3) is 0 Å². The second kappa shape index (κ2) is 11.3. The Morgan fingerprint density at radius 3 is 2.76 bits per heavy atom. The Morgan fingerprint density at radius 2 is 1.95 bits per heavy atom. The van der Waals surface area contributed by atoms with Crippen LogP contribution in [-0.4, -0.2) is 35.9 Å². The summed E-state index contributed by atoms with van der Waals surface area (Å²) in [5.41, 5.74) is 6.98. The maximum Gasteiger partial charge on any atom is 0.412 e. The summed E-state index contributed by atoms with van der Waals surface area (Å²) in [5, 5.41) is 2.84. The number of carbonyl (C=O) groups excluding carboxylic acids is 1. The van der Waals surface area contributed by atoms with E-state index < -0.39 is 6.09 Å². The minimum Gasteiger partial charge on any atom is -0.406 e. The molecule has 0 aliphatic heterocycles. The van der Waals surface area contributed by atoms with E-state index in [1.807, 2.05) is 30.6 Å². The molecule has 4 aromatic rings. The van der Waals surface area contributed by atoms with Crippen molar-refractivity contribution in [3.05, 3.63) is 101 Å². The smallest absolute Gasteiger partial charge is 0.406 e. The summed E-state index contributed by atoms with van der Waals surface area (Å²) in [6, 6.07) is 12.7. The zero-order valence-corrected chi connectivity index (χ0v) is 21.1. The number of pyridine rings is 1. The Balaban J connectivity index is 1.29. The number of aryl methyl sites for hydroxylation is 3. The largest absolute Gasteiger partial charge is 0.412 e. The van der Waals surface area contributed by atoms with E-state index in [1.165, 1.54) is 23.1 Å². The summed E-state index contributed by atoms with van der Waals surface area (Å²) in [4.78, 5) is 35.3. The van der Waals surface area contributed by atoms with E-state index in [4.69, 9.17) is 9.72 Å². The molecule has 3 heterocycles. The Labute approximate surface area is 216 Å². The highest BCUT2D eigenvalue weighted by Crippen LogP contribution is 2.34. The van der Waals surface area contributed by atoms with Crippen molar-refractivity contribution in [1.29, 1.82) is 0 Å². The van der Waals surface area contributed by atoms with Gasteiger partial charge in [-0.15, -0.1) is 0 Å². The van der Waals surface area contributed by atoms with E-state index in [2.05, 4.69) is 48.4 Å². The van der Waals surface area contributed by atoms with Crippen LogP contribution in [0.2, 0.25) is 0 Å². The standard InChI is InChI=1S/C28H31N7O2/c1-19-27(20(2)33-18-32-19)37-28(36)31-13-21-6-3-7-22(12-21)15-35(16-24-14-29-17-34-24)25-10-4-8-23-9-5-11-30-26(23)25/h3,5-7,9,11-12,14,17-18,25H,4,8,10,13,15-16H2,1-2H3,(H,29,34)(H,31,36). The number of nitrogens with one attached hydrogen (secondary N) is 2. The number of benzene rings is 1. The topological polar surface area (TPSA) is 109 Å². The third kappa shape index (κ3) is 6.00. The van der Waals surface area contributed by atoms with Crippen molar-refractivity contribution in [2.75, 3.05) is 0 Å². The van der Waals surface area contributed by atoms with Crippen molar-refractivity contribution in [3.63, 3.8) is 0 Å². The zero-order valence-electron chi connectivity index (χ0n) is 21.1. The quantitative estimate of drug-likeness (QED) is 0.367. The highest BCUT2D eigenvalue weighted by molar-refractivity contribution is 5.70. The molecule has 1 unspecified atom stereocenters. The van der Waals surface area contributed by atoms with E-state index in [0.717, 1.165) is 43.6 Å². The lowest BCUT2D eigenvalue weighted by atomic mass is 9.90. The van der Waals surface area contributed by atoms with E-state index >= 15 is 0 Å². The molecule has 1 atom stereocenters. The average molecular weight is 498 g/mol. The summed E-state index contributed by atoms with van der Waals surface area (Å²) in [7, 11) is 0. The van der Waals surface area contributed by atoms with Crippen LogP contribution < -0.4 is 10.1 Å². The lowest BCUT2D eigenvalue weighted by molar-refractivity contribution is 0.155. The predicted molar refractivity (Wildman–Crippen MR) is 139 cm³/mol. The molecule has 0 fully saturated rings. The number of fused-ring (bicyclic) bond motifs is 1. The van der Waals surface area contributed by atoms with Gasteiger partial charge < -0.3 is 15.0 Å². The number of carbonyl (C=O) groups is 1. The molecule has 5 rings (SSSR count). The fourth-order valence-corrected chi connectivity index (χ4v) is 4.91. The normalized spacial score (nSPS) is 14.8. The van der Waals surface area contributed by atoms with Gasteiger partial charge in [-0.2, -0.15) is 0 Å². The number of nitrogens with zero attached hydrogens (tertiary/aromatic N) is 5. The van der Waals surface area contributed by atoms with Crippen LogP contribution in [0.15, 0.2) is 61.4 Å². The molecule has 1 aliphatic rings. The first-order chi connectivity index (χ1) is 18.1. The molecule has 3 aromatic heterocycles. The minimum absolute atomic E-state index is 0.226. The van der Waals surface area contributed by atoms with Crippen molar-refractivity contribution in [2.45, 2.75) is 58.8 Å². The average Bonchev–Trinajstić information content (AvgIpc) is 3.42. The second-order valence-corrected chi connectivity index (χ2v) is 9.37. The third-order valence-corrected chi connectivity index (χ3v) is 6.70. The molecular weight excluding hydrogens is 466 g/mol. The van der Waals surface area contributed by atoms with Crippen molar-refractivity contribution in [2.24, 2.45) is 0 Å². The fourth-order valence-electron chi connectivity index (χ4n) is 4.91. The van der Waals surface area contributed by atoms with Crippen molar-refractivity contribution >= 4 is 6.09 Å². The number of ether oxygens (including phenoxy) is 1. The molecule has 9 heteroatoms. The molecule has 190 valence electrons. The highest BCUT2D eigenvalue weighted by Gasteiger charge is 2.27. The molecule has 0 saturated heterocycles. The summed E-state index contributed by atoms with van der Waals surface area (Å²) < 4.78 is 5.46. The van der Waals surface area contributed by atoms with Crippen LogP contribution in [0.1, 0.15) is 58.3 Å². The molecule has 0 radical (unpaired) electrons. The lowest BCUT2D eigenvalue weighted by Crippen LogP contribution is -2.31. The first-order valence-electron chi connectivity index (χ1n) is 12.5. The van der Waals surface area contributed by atoms with E-state index in [-0.39, 0.29) is 6.04 Å². The number of rotatable bonds is 8. The number of aromatic nitrogens is 5. The molecule has 9 nitrogen and oxygen atoms in total. The van der Waals surface area contributed by atoms with Gasteiger partial charge in [0.2, 0.25) is 0 Å². The number of imidazole rings is 1. The SMILES string of the molecule is Cc1ncnc(C)c1OC(=O)NCc1cccc(CN(Cc2cnc[nH]2)C2CCCc3cccnc32)c1. The van der Waals surface area contributed by atoms with Gasteiger partial charge in [-0.3, -0.25) is 9.88 Å². The molecular formula is C28H31N7O2. The van der Waals surface area contributed by atoms with Gasteiger partial charge in [0.15, 0.2) is 5.75 Å². The molecule has 1 aromatic carbocycles. The second-order valence-electron chi connectivity index (χ2n) is 9.37. The van der Waals surface area contributed by atoms with Gasteiger partial charge in [0, 0.05) is 37.7 Å². The minimum atomic E-state index is -0.530. The summed E-state index contributed by atoms with van der Waals surface area (Å²) in [6.45, 7) is 5.42. The molecule has 2 N–H and O–H groups in total. The van der Waals surface area contributed by atoms with Gasteiger partial charge in [0.05, 0.1) is 29.5 Å². The molecule has 1 aliphatic carbocycles. The van der Waals surface area contributed by atoms with Crippen LogP contribution in [0.25, 0.3) is 0 Å². The molecule has 37 heavy (non-hydrogen) atoms. The number of aromatic amines is 1. The van der Waals surface area contributed by atoms with E-state index in [1.54, 1.807) is 20.2 Å². The lowest BCUT2D eigenvalue weighted by Gasteiger charge is -2.35. The molecule has 1 amide bonds. The number of hydrogen-bond donors (Lipinski definition) is 2. The van der Waals surface area contributed by atoms with Crippen LogP contribution in [0.5, 0.6) is 5.75 Å². The molecule has 0 bridgehead atoms. The summed E-state index contributed by atoms with van der Waals surface area (Å²) >= 11 is 0. The predicted octanol–water partition coefficient (Wildman–Crippen LogP) is 4.58. The Kier molecular flexibility index (Phi) is 7.51. The first kappa shape index (κ1) is 24.6. The van der Waals surface area contributed by atoms with Gasteiger partial charge in [-0.1, -0.05) is 30.3 Å². The van der Waals surface area contributed by atoms with Crippen LogP contribution in [0.3, 0.4) is 0 Å². The van der Waals surface area contributed by atoms with E-state index in [9.17, 15) is 4.79 Å². The third-order valence-electron chi connectivity index (χ3n) is 6.70.